The lowest BCUT2D eigenvalue weighted by atomic mass is 10.1. The van der Waals surface area contributed by atoms with Crippen LogP contribution in [0, 0.1) is 25.2 Å². The van der Waals surface area contributed by atoms with E-state index in [1.165, 1.54) is 11.3 Å². The lowest BCUT2D eigenvalue weighted by molar-refractivity contribution is -0.112. The Kier molecular flexibility index (Phi) is 5.71. The number of amides is 1. The van der Waals surface area contributed by atoms with Crippen molar-refractivity contribution in [2.45, 2.75) is 33.6 Å². The maximum absolute atomic E-state index is 12.5. The summed E-state index contributed by atoms with van der Waals surface area (Å²) in [5.74, 6) is -0.254. The van der Waals surface area contributed by atoms with Gasteiger partial charge in [0.05, 0.1) is 0 Å². The number of para-hydroxylation sites is 1. The lowest BCUT2D eigenvalue weighted by Gasteiger charge is -2.09. The van der Waals surface area contributed by atoms with Crippen molar-refractivity contribution in [3.63, 3.8) is 0 Å². The summed E-state index contributed by atoms with van der Waals surface area (Å²) in [5.41, 5.74) is 3.87. The first-order valence-corrected chi connectivity index (χ1v) is 9.73. The topological polar surface area (TPSA) is 83.6 Å². The molecule has 0 atom stereocenters. The molecule has 0 spiro atoms. The van der Waals surface area contributed by atoms with Crippen LogP contribution in [-0.4, -0.2) is 20.7 Å². The van der Waals surface area contributed by atoms with Crippen molar-refractivity contribution >= 4 is 28.5 Å². The molecule has 3 aromatic rings. The van der Waals surface area contributed by atoms with Crippen LogP contribution in [0.5, 0.6) is 0 Å². The Bertz CT molecular complexity index is 1070. The van der Waals surface area contributed by atoms with Gasteiger partial charge in [0.2, 0.25) is 5.13 Å². The molecule has 142 valence electrons. The molecule has 0 aliphatic rings. The highest BCUT2D eigenvalue weighted by Crippen LogP contribution is 2.25. The molecule has 0 saturated carbocycles. The van der Waals surface area contributed by atoms with Gasteiger partial charge in [0, 0.05) is 23.0 Å². The average molecular weight is 392 g/mol. The molecule has 2 heterocycles. The van der Waals surface area contributed by atoms with Gasteiger partial charge in [-0.05, 0) is 43.7 Å². The van der Waals surface area contributed by atoms with Gasteiger partial charge < -0.3 is 4.57 Å². The van der Waals surface area contributed by atoms with Gasteiger partial charge in [-0.25, -0.2) is 0 Å². The minimum Gasteiger partial charge on any atom is -0.318 e. The molecule has 0 saturated heterocycles. The van der Waals surface area contributed by atoms with Gasteiger partial charge in [0.15, 0.2) is 0 Å². The molecule has 3 rings (SSSR count). The first-order chi connectivity index (χ1) is 13.4. The average Bonchev–Trinajstić information content (AvgIpc) is 3.24. The predicted octanol–water partition coefficient (Wildman–Crippen LogP) is 4.61. The van der Waals surface area contributed by atoms with E-state index in [2.05, 4.69) is 20.1 Å². The van der Waals surface area contributed by atoms with Crippen LogP contribution in [0.25, 0.3) is 11.8 Å². The second-order valence-corrected chi connectivity index (χ2v) is 7.73. The Hall–Kier alpha value is -3.24. The number of aromatic nitrogens is 3. The molecular formula is C21H21N5OS. The summed E-state index contributed by atoms with van der Waals surface area (Å²) < 4.78 is 2.10. The molecular weight excluding hydrogens is 370 g/mol. The third-order valence-electron chi connectivity index (χ3n) is 4.30. The van der Waals surface area contributed by atoms with E-state index >= 15 is 0 Å². The zero-order valence-corrected chi connectivity index (χ0v) is 17.0. The number of nitrogens with zero attached hydrogens (tertiary/aromatic N) is 4. The standard InChI is InChI=1S/C21H21N5OS/c1-13(2)20-24-25-21(28-20)23-19(27)17(12-22)11-16-10-14(3)26(15(16)4)18-8-6-5-7-9-18/h5-11,13H,1-4H3,(H,23,25,27)/b17-11-. The number of carbonyl (C=O) groups is 1. The predicted molar refractivity (Wildman–Crippen MR) is 111 cm³/mol. The number of aryl methyl sites for hydroxylation is 1. The third-order valence-corrected chi connectivity index (χ3v) is 5.44. The van der Waals surface area contributed by atoms with Crippen molar-refractivity contribution < 1.29 is 4.79 Å². The highest BCUT2D eigenvalue weighted by Gasteiger charge is 2.16. The second kappa shape index (κ2) is 8.19. The summed E-state index contributed by atoms with van der Waals surface area (Å²) in [6.07, 6.45) is 1.61. The zero-order valence-electron chi connectivity index (χ0n) is 16.2. The summed E-state index contributed by atoms with van der Waals surface area (Å²) in [5, 5.41) is 21.4. The van der Waals surface area contributed by atoms with E-state index in [0.29, 0.717) is 5.13 Å². The smallest absolute Gasteiger partial charge is 0.268 e. The largest absolute Gasteiger partial charge is 0.318 e. The van der Waals surface area contributed by atoms with E-state index in [4.69, 9.17) is 0 Å². The van der Waals surface area contributed by atoms with Crippen molar-refractivity contribution in [2.24, 2.45) is 0 Å². The van der Waals surface area contributed by atoms with Crippen LogP contribution in [0.15, 0.2) is 42.0 Å². The van der Waals surface area contributed by atoms with E-state index < -0.39 is 5.91 Å². The van der Waals surface area contributed by atoms with Crippen molar-refractivity contribution in [1.82, 2.24) is 14.8 Å². The number of rotatable bonds is 5. The maximum Gasteiger partial charge on any atom is 0.268 e. The summed E-state index contributed by atoms with van der Waals surface area (Å²) >= 11 is 1.32. The quantitative estimate of drug-likeness (QED) is 0.508. The molecule has 1 amide bonds. The van der Waals surface area contributed by atoms with Gasteiger partial charge >= 0.3 is 0 Å². The fourth-order valence-corrected chi connectivity index (χ4v) is 3.64. The fraction of sp³-hybridized carbons (Fsp3) is 0.238. The highest BCUT2D eigenvalue weighted by atomic mass is 32.1. The van der Waals surface area contributed by atoms with Crippen LogP contribution < -0.4 is 5.32 Å². The van der Waals surface area contributed by atoms with Crippen LogP contribution in [0.2, 0.25) is 0 Å². The molecule has 1 N–H and O–H groups in total. The summed E-state index contributed by atoms with van der Waals surface area (Å²) in [4.78, 5) is 12.5. The number of carbonyl (C=O) groups excluding carboxylic acids is 1. The first kappa shape index (κ1) is 19.5. The molecule has 0 aliphatic heterocycles. The normalized spacial score (nSPS) is 11.5. The molecule has 7 heteroatoms. The number of nitriles is 1. The van der Waals surface area contributed by atoms with E-state index in [9.17, 15) is 10.1 Å². The van der Waals surface area contributed by atoms with Gasteiger partial charge in [-0.2, -0.15) is 5.26 Å². The Morgan fingerprint density at radius 2 is 1.96 bits per heavy atom. The third kappa shape index (κ3) is 4.02. The van der Waals surface area contributed by atoms with Gasteiger partial charge in [0.1, 0.15) is 16.6 Å². The van der Waals surface area contributed by atoms with Gasteiger partial charge in [-0.3, -0.25) is 10.1 Å². The summed E-state index contributed by atoms with van der Waals surface area (Å²) in [6.45, 7) is 7.99. The fourth-order valence-electron chi connectivity index (χ4n) is 2.90. The molecule has 6 nitrogen and oxygen atoms in total. The van der Waals surface area contributed by atoms with E-state index in [0.717, 1.165) is 27.6 Å². The molecule has 1 aromatic carbocycles. The number of nitrogens with one attached hydrogen (secondary N) is 1. The van der Waals surface area contributed by atoms with Crippen molar-refractivity contribution in [3.05, 3.63) is 63.9 Å². The van der Waals surface area contributed by atoms with Crippen LogP contribution >= 0.6 is 11.3 Å². The Labute approximate surface area is 168 Å². The van der Waals surface area contributed by atoms with Crippen LogP contribution in [-0.2, 0) is 4.79 Å². The molecule has 0 radical (unpaired) electrons. The van der Waals surface area contributed by atoms with Gasteiger partial charge in [0.25, 0.3) is 5.91 Å². The second-order valence-electron chi connectivity index (χ2n) is 6.72. The minimum absolute atomic E-state index is 0.0228. The Morgan fingerprint density at radius 1 is 1.25 bits per heavy atom. The van der Waals surface area contributed by atoms with Crippen LogP contribution in [0.3, 0.4) is 0 Å². The Balaban J connectivity index is 1.88. The van der Waals surface area contributed by atoms with Crippen molar-refractivity contribution in [1.29, 1.82) is 5.26 Å². The Morgan fingerprint density at radius 3 is 2.57 bits per heavy atom. The van der Waals surface area contributed by atoms with Gasteiger partial charge in [-0.1, -0.05) is 43.4 Å². The molecule has 0 unspecified atom stereocenters. The number of benzene rings is 1. The summed E-state index contributed by atoms with van der Waals surface area (Å²) in [7, 11) is 0. The molecule has 28 heavy (non-hydrogen) atoms. The molecule has 2 aromatic heterocycles. The van der Waals surface area contributed by atoms with E-state index in [-0.39, 0.29) is 11.5 Å². The van der Waals surface area contributed by atoms with E-state index in [1.807, 2.05) is 70.2 Å². The highest BCUT2D eigenvalue weighted by molar-refractivity contribution is 7.15. The molecule has 0 bridgehead atoms. The SMILES string of the molecule is Cc1cc(/C=C(/C#N)C(=O)Nc2nnc(C(C)C)s2)c(C)n1-c1ccccc1. The maximum atomic E-state index is 12.5. The zero-order chi connectivity index (χ0) is 20.3. The van der Waals surface area contributed by atoms with E-state index in [1.54, 1.807) is 6.08 Å². The van der Waals surface area contributed by atoms with Crippen LogP contribution in [0.1, 0.15) is 41.7 Å². The van der Waals surface area contributed by atoms with Crippen molar-refractivity contribution in [3.8, 4) is 11.8 Å². The summed E-state index contributed by atoms with van der Waals surface area (Å²) in [6, 6.07) is 13.9. The van der Waals surface area contributed by atoms with Crippen molar-refractivity contribution in [2.75, 3.05) is 5.32 Å². The monoisotopic (exact) mass is 391 g/mol. The number of hydrogen-bond acceptors (Lipinski definition) is 5. The number of anilines is 1. The molecule has 0 fully saturated rings. The first-order valence-electron chi connectivity index (χ1n) is 8.91. The number of hydrogen-bond donors (Lipinski definition) is 1. The molecule has 0 aliphatic carbocycles. The minimum atomic E-state index is -0.488. The van der Waals surface area contributed by atoms with Crippen LogP contribution in [0.4, 0.5) is 5.13 Å². The van der Waals surface area contributed by atoms with Gasteiger partial charge in [-0.15, -0.1) is 10.2 Å². The lowest BCUT2D eigenvalue weighted by Crippen LogP contribution is -2.13.